The Morgan fingerprint density at radius 2 is 2.00 bits per heavy atom. The first kappa shape index (κ1) is 10.8. The maximum absolute atomic E-state index is 9.56. The number of aliphatic hydroxyl groups excluding tert-OH is 2. The van der Waals surface area contributed by atoms with E-state index in [2.05, 4.69) is 10.2 Å². The highest BCUT2D eigenvalue weighted by atomic mass is 16.3. The fraction of sp³-hybridized carbons (Fsp3) is 0.500. The molecule has 6 heteroatoms. The first-order valence-corrected chi connectivity index (χ1v) is 4.30. The van der Waals surface area contributed by atoms with Gasteiger partial charge in [0.15, 0.2) is 0 Å². The van der Waals surface area contributed by atoms with Crippen molar-refractivity contribution < 1.29 is 10.2 Å². The van der Waals surface area contributed by atoms with Gasteiger partial charge in [-0.1, -0.05) is 0 Å². The molecule has 0 aliphatic heterocycles. The van der Waals surface area contributed by atoms with Crippen LogP contribution in [-0.2, 0) is 0 Å². The first-order valence-electron chi connectivity index (χ1n) is 4.30. The second-order valence-electron chi connectivity index (χ2n) is 2.97. The first-order chi connectivity index (χ1) is 6.65. The van der Waals surface area contributed by atoms with E-state index in [1.165, 1.54) is 12.1 Å². The van der Waals surface area contributed by atoms with Gasteiger partial charge in [0.1, 0.15) is 11.9 Å². The van der Waals surface area contributed by atoms with E-state index >= 15 is 0 Å². The van der Waals surface area contributed by atoms with Gasteiger partial charge in [0.2, 0.25) is 0 Å². The van der Waals surface area contributed by atoms with E-state index in [1.54, 1.807) is 0 Å². The Hall–Kier alpha value is -1.24. The number of anilines is 1. The normalized spacial score (nSPS) is 15.1. The molecule has 0 saturated heterocycles. The third-order valence-electron chi connectivity index (χ3n) is 1.84. The van der Waals surface area contributed by atoms with Crippen LogP contribution in [0.15, 0.2) is 12.1 Å². The number of hydrogen-bond acceptors (Lipinski definition) is 6. The molecule has 0 bridgehead atoms. The van der Waals surface area contributed by atoms with Gasteiger partial charge in [-0.15, -0.1) is 5.10 Å². The van der Waals surface area contributed by atoms with Gasteiger partial charge < -0.3 is 21.7 Å². The minimum Gasteiger partial charge on any atom is -0.390 e. The Bertz CT molecular complexity index is 277. The zero-order valence-electron chi connectivity index (χ0n) is 7.67. The maximum atomic E-state index is 9.56. The molecule has 0 fully saturated rings. The number of nitrogens with zero attached hydrogens (tertiary/aromatic N) is 2. The van der Waals surface area contributed by atoms with Crippen molar-refractivity contribution in [2.24, 2.45) is 5.73 Å². The molecule has 2 atom stereocenters. The molecule has 6 nitrogen and oxygen atoms in total. The maximum Gasteiger partial charge on any atom is 0.146 e. The van der Waals surface area contributed by atoms with Gasteiger partial charge in [0.25, 0.3) is 0 Å². The van der Waals surface area contributed by atoms with Gasteiger partial charge in [-0.2, -0.15) is 5.10 Å². The standard InChI is InChI=1S/C8H14N4O2/c9-4-3-6(13)8(14)5-1-2-7(10)12-11-5/h1-2,6,8,13-14H,3-4,9H2,(H2,10,12). The molecule has 1 heterocycles. The monoisotopic (exact) mass is 198 g/mol. The smallest absolute Gasteiger partial charge is 0.146 e. The van der Waals surface area contributed by atoms with Crippen LogP contribution in [0.1, 0.15) is 18.2 Å². The molecule has 14 heavy (non-hydrogen) atoms. The topological polar surface area (TPSA) is 118 Å². The predicted octanol–water partition coefficient (Wildman–Crippen LogP) is -1.20. The fourth-order valence-electron chi connectivity index (χ4n) is 1.04. The molecule has 0 spiro atoms. The van der Waals surface area contributed by atoms with E-state index < -0.39 is 12.2 Å². The van der Waals surface area contributed by atoms with E-state index in [-0.39, 0.29) is 5.82 Å². The van der Waals surface area contributed by atoms with Crippen molar-refractivity contribution >= 4 is 5.82 Å². The van der Waals surface area contributed by atoms with Gasteiger partial charge >= 0.3 is 0 Å². The van der Waals surface area contributed by atoms with Crippen molar-refractivity contribution in [1.29, 1.82) is 0 Å². The molecule has 1 rings (SSSR count). The van der Waals surface area contributed by atoms with Crippen LogP contribution in [0.4, 0.5) is 5.82 Å². The highest BCUT2D eigenvalue weighted by Crippen LogP contribution is 2.15. The van der Waals surface area contributed by atoms with Crippen molar-refractivity contribution in [2.45, 2.75) is 18.6 Å². The summed E-state index contributed by atoms with van der Waals surface area (Å²) < 4.78 is 0. The molecule has 0 aliphatic carbocycles. The predicted molar refractivity (Wildman–Crippen MR) is 51.1 cm³/mol. The average molecular weight is 198 g/mol. The lowest BCUT2D eigenvalue weighted by Gasteiger charge is -2.15. The van der Waals surface area contributed by atoms with E-state index in [0.717, 1.165) is 0 Å². The molecule has 6 N–H and O–H groups in total. The third-order valence-corrected chi connectivity index (χ3v) is 1.84. The Kier molecular flexibility index (Phi) is 3.75. The number of aromatic nitrogens is 2. The molecule has 2 unspecified atom stereocenters. The number of nitrogens with two attached hydrogens (primary N) is 2. The van der Waals surface area contributed by atoms with Crippen molar-refractivity contribution in [3.63, 3.8) is 0 Å². The zero-order chi connectivity index (χ0) is 10.6. The SMILES string of the molecule is NCCC(O)C(O)c1ccc(N)nn1. The highest BCUT2D eigenvalue weighted by molar-refractivity contribution is 5.26. The van der Waals surface area contributed by atoms with E-state index in [0.29, 0.717) is 18.7 Å². The van der Waals surface area contributed by atoms with Crippen LogP contribution >= 0.6 is 0 Å². The molecule has 0 aromatic carbocycles. The molecule has 0 saturated carbocycles. The van der Waals surface area contributed by atoms with Gasteiger partial charge in [-0.25, -0.2) is 0 Å². The molecular formula is C8H14N4O2. The minimum atomic E-state index is -1.06. The van der Waals surface area contributed by atoms with Crippen molar-refractivity contribution in [1.82, 2.24) is 10.2 Å². The molecular weight excluding hydrogens is 184 g/mol. The van der Waals surface area contributed by atoms with Crippen molar-refractivity contribution in [3.05, 3.63) is 17.8 Å². The Labute approximate surface area is 81.6 Å². The average Bonchev–Trinajstić information content (AvgIpc) is 2.18. The Balaban J connectivity index is 2.68. The van der Waals surface area contributed by atoms with E-state index in [4.69, 9.17) is 11.5 Å². The van der Waals surface area contributed by atoms with Crippen LogP contribution in [0.2, 0.25) is 0 Å². The summed E-state index contributed by atoms with van der Waals surface area (Å²) >= 11 is 0. The molecule has 0 aliphatic rings. The number of hydrogen-bond donors (Lipinski definition) is 4. The zero-order valence-corrected chi connectivity index (χ0v) is 7.67. The summed E-state index contributed by atoms with van der Waals surface area (Å²) in [5.74, 6) is 0.272. The number of nitrogen functional groups attached to an aromatic ring is 1. The number of aliphatic hydroxyl groups is 2. The summed E-state index contributed by atoms with van der Waals surface area (Å²) in [6.07, 6.45) is -1.67. The van der Waals surface area contributed by atoms with Crippen LogP contribution < -0.4 is 11.5 Å². The van der Waals surface area contributed by atoms with Crippen LogP contribution in [0.5, 0.6) is 0 Å². The second kappa shape index (κ2) is 4.85. The van der Waals surface area contributed by atoms with E-state index in [9.17, 15) is 10.2 Å². The third kappa shape index (κ3) is 2.63. The summed E-state index contributed by atoms with van der Waals surface area (Å²) in [6, 6.07) is 3.04. The molecule has 78 valence electrons. The van der Waals surface area contributed by atoms with Gasteiger partial charge in [-0.05, 0) is 25.1 Å². The van der Waals surface area contributed by atoms with Gasteiger partial charge in [0, 0.05) is 0 Å². The Morgan fingerprint density at radius 1 is 1.29 bits per heavy atom. The highest BCUT2D eigenvalue weighted by Gasteiger charge is 2.18. The lowest BCUT2D eigenvalue weighted by Crippen LogP contribution is -2.22. The van der Waals surface area contributed by atoms with E-state index in [1.807, 2.05) is 0 Å². The second-order valence-corrected chi connectivity index (χ2v) is 2.97. The largest absolute Gasteiger partial charge is 0.390 e. The molecule has 1 aromatic rings. The van der Waals surface area contributed by atoms with Crippen LogP contribution in [-0.4, -0.2) is 33.1 Å². The summed E-state index contributed by atoms with van der Waals surface area (Å²) in [4.78, 5) is 0. The fourth-order valence-corrected chi connectivity index (χ4v) is 1.04. The van der Waals surface area contributed by atoms with Crippen molar-refractivity contribution in [2.75, 3.05) is 12.3 Å². The lowest BCUT2D eigenvalue weighted by molar-refractivity contribution is 0.0120. The lowest BCUT2D eigenvalue weighted by atomic mass is 10.1. The van der Waals surface area contributed by atoms with Crippen LogP contribution in [0.25, 0.3) is 0 Å². The quantitative estimate of drug-likeness (QED) is 0.482. The summed E-state index contributed by atoms with van der Waals surface area (Å²) in [5.41, 5.74) is 10.9. The Morgan fingerprint density at radius 3 is 2.50 bits per heavy atom. The molecule has 0 radical (unpaired) electrons. The minimum absolute atomic E-state index is 0.272. The molecule has 0 amide bonds. The summed E-state index contributed by atoms with van der Waals surface area (Å²) in [7, 11) is 0. The van der Waals surface area contributed by atoms with Crippen LogP contribution in [0.3, 0.4) is 0 Å². The van der Waals surface area contributed by atoms with Crippen molar-refractivity contribution in [3.8, 4) is 0 Å². The molecule has 1 aromatic heterocycles. The summed E-state index contributed by atoms with van der Waals surface area (Å²) in [6.45, 7) is 0.306. The van der Waals surface area contributed by atoms with Gasteiger partial charge in [-0.3, -0.25) is 0 Å². The van der Waals surface area contributed by atoms with Gasteiger partial charge in [0.05, 0.1) is 11.8 Å². The van der Waals surface area contributed by atoms with Crippen LogP contribution in [0, 0.1) is 0 Å². The number of rotatable bonds is 4. The summed E-state index contributed by atoms with van der Waals surface area (Å²) in [5, 5.41) is 26.2.